The summed E-state index contributed by atoms with van der Waals surface area (Å²) < 4.78 is 11.6. The molecule has 1 fully saturated rings. The van der Waals surface area contributed by atoms with Crippen molar-refractivity contribution in [2.45, 2.75) is 31.6 Å². The van der Waals surface area contributed by atoms with Crippen LogP contribution in [0.4, 0.5) is 0 Å². The van der Waals surface area contributed by atoms with Gasteiger partial charge in [-0.05, 0) is 62.0 Å². The number of Topliss-reactive ketones (excluding diaryl/α,β-unsaturated/α-hetero) is 2. The van der Waals surface area contributed by atoms with E-state index in [4.69, 9.17) is 9.15 Å². The highest BCUT2D eigenvalue weighted by Crippen LogP contribution is 2.38. The molecule has 0 radical (unpaired) electrons. The molecule has 1 heterocycles. The molecular formula is C23H25NO4. The Bertz CT molecular complexity index is 1030. The average molecular weight is 379 g/mol. The van der Waals surface area contributed by atoms with Crippen LogP contribution < -0.4 is 4.74 Å². The van der Waals surface area contributed by atoms with E-state index in [-0.39, 0.29) is 23.9 Å². The summed E-state index contributed by atoms with van der Waals surface area (Å²) in [5, 5.41) is 3.08. The second-order valence-corrected chi connectivity index (χ2v) is 7.79. The van der Waals surface area contributed by atoms with E-state index in [0.29, 0.717) is 19.4 Å². The van der Waals surface area contributed by atoms with Crippen LogP contribution in [0.5, 0.6) is 5.75 Å². The summed E-state index contributed by atoms with van der Waals surface area (Å²) in [7, 11) is 4.10. The monoisotopic (exact) mass is 379 g/mol. The summed E-state index contributed by atoms with van der Waals surface area (Å²) in [5.41, 5.74) is 1.67. The second kappa shape index (κ2) is 7.76. The van der Waals surface area contributed by atoms with Gasteiger partial charge >= 0.3 is 0 Å². The standard InChI is InChI=1S/C23H25NO4/c1-24(2)10-3-11-27-17-6-8-18-15(12-17)4-9-22-23(18)20(14-28-22)19-7-5-16(25)13-21(19)26/h4,6,8-9,12,14,19H,3,5,7,10-11,13H2,1-2H3/t19-/m0/s1. The second-order valence-electron chi connectivity index (χ2n) is 7.79. The number of carbonyl (C=O) groups excluding carboxylic acids is 2. The van der Waals surface area contributed by atoms with Crippen LogP contribution in [0.15, 0.2) is 41.0 Å². The van der Waals surface area contributed by atoms with E-state index in [1.807, 2.05) is 30.3 Å². The first kappa shape index (κ1) is 18.7. The van der Waals surface area contributed by atoms with Crippen LogP contribution in [0.3, 0.4) is 0 Å². The molecule has 4 rings (SSSR count). The molecule has 0 bridgehead atoms. The highest BCUT2D eigenvalue weighted by molar-refractivity contribution is 6.11. The quantitative estimate of drug-likeness (QED) is 0.471. The Morgan fingerprint density at radius 2 is 2.04 bits per heavy atom. The largest absolute Gasteiger partial charge is 0.494 e. The molecular weight excluding hydrogens is 354 g/mol. The van der Waals surface area contributed by atoms with E-state index in [1.165, 1.54) is 0 Å². The lowest BCUT2D eigenvalue weighted by molar-refractivity contribution is -0.130. The van der Waals surface area contributed by atoms with Gasteiger partial charge in [0.05, 0.1) is 19.3 Å². The predicted molar refractivity (Wildman–Crippen MR) is 109 cm³/mol. The van der Waals surface area contributed by atoms with E-state index in [9.17, 15) is 9.59 Å². The molecule has 5 nitrogen and oxygen atoms in total. The number of hydrogen-bond donors (Lipinski definition) is 0. The molecule has 5 heteroatoms. The Balaban J connectivity index is 1.64. The number of fused-ring (bicyclic) bond motifs is 3. The minimum absolute atomic E-state index is 0.00296. The number of ether oxygens (including phenoxy) is 1. The van der Waals surface area contributed by atoms with Crippen LogP contribution in [0, 0.1) is 0 Å². The molecule has 0 saturated heterocycles. The minimum Gasteiger partial charge on any atom is -0.494 e. The van der Waals surface area contributed by atoms with Gasteiger partial charge in [0.2, 0.25) is 0 Å². The number of benzene rings is 2. The van der Waals surface area contributed by atoms with Gasteiger partial charge in [-0.1, -0.05) is 6.07 Å². The smallest absolute Gasteiger partial charge is 0.147 e. The summed E-state index contributed by atoms with van der Waals surface area (Å²) in [6.45, 7) is 1.66. The van der Waals surface area contributed by atoms with Crippen LogP contribution in [0.1, 0.15) is 37.2 Å². The number of carbonyl (C=O) groups is 2. The van der Waals surface area contributed by atoms with Gasteiger partial charge in [0, 0.05) is 29.8 Å². The zero-order valence-electron chi connectivity index (χ0n) is 16.4. The lowest BCUT2D eigenvalue weighted by Crippen LogP contribution is -2.22. The van der Waals surface area contributed by atoms with Gasteiger partial charge in [-0.15, -0.1) is 0 Å². The molecule has 1 aromatic heterocycles. The zero-order chi connectivity index (χ0) is 19.7. The van der Waals surface area contributed by atoms with Gasteiger partial charge in [-0.25, -0.2) is 0 Å². The van der Waals surface area contributed by atoms with E-state index in [2.05, 4.69) is 19.0 Å². The normalized spacial score (nSPS) is 17.8. The maximum atomic E-state index is 12.4. The van der Waals surface area contributed by atoms with E-state index in [0.717, 1.165) is 46.0 Å². The molecule has 146 valence electrons. The van der Waals surface area contributed by atoms with E-state index >= 15 is 0 Å². The Labute approximate surface area is 164 Å². The molecule has 28 heavy (non-hydrogen) atoms. The minimum atomic E-state index is -0.258. The van der Waals surface area contributed by atoms with Crippen molar-refractivity contribution >= 4 is 33.3 Å². The van der Waals surface area contributed by atoms with Crippen molar-refractivity contribution in [2.75, 3.05) is 27.2 Å². The molecule has 0 N–H and O–H groups in total. The average Bonchev–Trinajstić information content (AvgIpc) is 3.09. The fraction of sp³-hybridized carbons (Fsp3) is 0.391. The van der Waals surface area contributed by atoms with Crippen molar-refractivity contribution in [2.24, 2.45) is 0 Å². The number of furan rings is 1. The van der Waals surface area contributed by atoms with Gasteiger partial charge in [0.15, 0.2) is 0 Å². The van der Waals surface area contributed by atoms with Crippen LogP contribution in [-0.2, 0) is 9.59 Å². The fourth-order valence-corrected chi connectivity index (χ4v) is 3.99. The van der Waals surface area contributed by atoms with Crippen LogP contribution in [0.2, 0.25) is 0 Å². The third kappa shape index (κ3) is 3.67. The molecule has 0 unspecified atom stereocenters. The van der Waals surface area contributed by atoms with Gasteiger partial charge in [0.1, 0.15) is 22.9 Å². The molecule has 1 atom stereocenters. The molecule has 0 aliphatic heterocycles. The Kier molecular flexibility index (Phi) is 5.18. The Morgan fingerprint density at radius 1 is 1.18 bits per heavy atom. The highest BCUT2D eigenvalue weighted by atomic mass is 16.5. The Hall–Kier alpha value is -2.66. The van der Waals surface area contributed by atoms with Crippen molar-refractivity contribution in [3.8, 4) is 5.75 Å². The Morgan fingerprint density at radius 3 is 2.82 bits per heavy atom. The first-order valence-corrected chi connectivity index (χ1v) is 9.79. The molecule has 3 aromatic rings. The summed E-state index contributed by atoms with van der Waals surface area (Å²) >= 11 is 0. The van der Waals surface area contributed by atoms with Gasteiger partial charge in [0.25, 0.3) is 0 Å². The fourth-order valence-electron chi connectivity index (χ4n) is 3.99. The summed E-state index contributed by atoms with van der Waals surface area (Å²) in [5.74, 6) is 0.619. The van der Waals surface area contributed by atoms with Crippen LogP contribution in [-0.4, -0.2) is 43.7 Å². The lowest BCUT2D eigenvalue weighted by Gasteiger charge is -2.19. The predicted octanol–water partition coefficient (Wildman–Crippen LogP) is 4.32. The van der Waals surface area contributed by atoms with Gasteiger partial charge in [-0.2, -0.15) is 0 Å². The first-order chi connectivity index (χ1) is 13.5. The molecule has 0 amide bonds. The highest BCUT2D eigenvalue weighted by Gasteiger charge is 2.31. The number of hydrogen-bond acceptors (Lipinski definition) is 5. The topological polar surface area (TPSA) is 59.8 Å². The van der Waals surface area contributed by atoms with Crippen molar-refractivity contribution in [3.05, 3.63) is 42.2 Å². The first-order valence-electron chi connectivity index (χ1n) is 9.79. The molecule has 0 spiro atoms. The van der Waals surface area contributed by atoms with Crippen molar-refractivity contribution in [1.29, 1.82) is 0 Å². The summed E-state index contributed by atoms with van der Waals surface area (Å²) in [4.78, 5) is 26.2. The summed E-state index contributed by atoms with van der Waals surface area (Å²) in [6.07, 6.45) is 3.72. The van der Waals surface area contributed by atoms with Crippen LogP contribution in [0.25, 0.3) is 21.7 Å². The molecule has 1 aliphatic rings. The van der Waals surface area contributed by atoms with E-state index < -0.39 is 0 Å². The number of rotatable bonds is 6. The maximum Gasteiger partial charge on any atom is 0.147 e. The third-order valence-electron chi connectivity index (χ3n) is 5.42. The number of ketones is 2. The van der Waals surface area contributed by atoms with Crippen molar-refractivity contribution < 1.29 is 18.7 Å². The van der Waals surface area contributed by atoms with Gasteiger partial charge in [-0.3, -0.25) is 9.59 Å². The van der Waals surface area contributed by atoms with E-state index in [1.54, 1.807) is 6.26 Å². The molecule has 1 aliphatic carbocycles. The number of nitrogens with zero attached hydrogens (tertiary/aromatic N) is 1. The third-order valence-corrected chi connectivity index (χ3v) is 5.42. The zero-order valence-corrected chi connectivity index (χ0v) is 16.4. The lowest BCUT2D eigenvalue weighted by atomic mass is 9.81. The van der Waals surface area contributed by atoms with Crippen molar-refractivity contribution in [3.63, 3.8) is 0 Å². The molecule has 2 aromatic carbocycles. The SMILES string of the molecule is CN(C)CCCOc1ccc2c(ccc3occ([C@@H]4CCC(=O)CC4=O)c32)c1. The summed E-state index contributed by atoms with van der Waals surface area (Å²) in [6, 6.07) is 10.0. The molecule has 1 saturated carbocycles. The van der Waals surface area contributed by atoms with Gasteiger partial charge < -0.3 is 14.1 Å². The van der Waals surface area contributed by atoms with Crippen LogP contribution >= 0.6 is 0 Å². The van der Waals surface area contributed by atoms with Crippen molar-refractivity contribution in [1.82, 2.24) is 4.90 Å². The maximum absolute atomic E-state index is 12.4.